The quantitative estimate of drug-likeness (QED) is 0.897. The SMILES string of the molecule is CC(NC1CCC(C(N)=O)CC1)c1ccc(Cl)c(F)c1. The van der Waals surface area contributed by atoms with E-state index in [2.05, 4.69) is 5.32 Å². The van der Waals surface area contributed by atoms with E-state index in [4.69, 9.17) is 17.3 Å². The van der Waals surface area contributed by atoms with E-state index in [1.807, 2.05) is 13.0 Å². The monoisotopic (exact) mass is 298 g/mol. The Morgan fingerprint density at radius 3 is 2.60 bits per heavy atom. The topological polar surface area (TPSA) is 55.1 Å². The van der Waals surface area contributed by atoms with Gasteiger partial charge in [-0.25, -0.2) is 4.39 Å². The van der Waals surface area contributed by atoms with E-state index in [0.717, 1.165) is 31.2 Å². The molecule has 0 bridgehead atoms. The molecule has 2 rings (SSSR count). The molecule has 20 heavy (non-hydrogen) atoms. The molecule has 0 saturated heterocycles. The second-order valence-corrected chi connectivity index (χ2v) is 5.92. The average Bonchev–Trinajstić information content (AvgIpc) is 2.42. The van der Waals surface area contributed by atoms with E-state index in [9.17, 15) is 9.18 Å². The van der Waals surface area contributed by atoms with Crippen LogP contribution in [0.2, 0.25) is 5.02 Å². The molecule has 1 aliphatic rings. The van der Waals surface area contributed by atoms with Crippen LogP contribution in [0.3, 0.4) is 0 Å². The van der Waals surface area contributed by atoms with E-state index in [-0.39, 0.29) is 22.9 Å². The van der Waals surface area contributed by atoms with Crippen LogP contribution in [0, 0.1) is 11.7 Å². The van der Waals surface area contributed by atoms with Gasteiger partial charge in [0.2, 0.25) is 5.91 Å². The molecular weight excluding hydrogens is 279 g/mol. The number of amides is 1. The van der Waals surface area contributed by atoms with Crippen LogP contribution in [0.5, 0.6) is 0 Å². The zero-order valence-electron chi connectivity index (χ0n) is 11.5. The summed E-state index contributed by atoms with van der Waals surface area (Å²) >= 11 is 5.68. The fourth-order valence-corrected chi connectivity index (χ4v) is 2.89. The fraction of sp³-hybridized carbons (Fsp3) is 0.533. The Balaban J connectivity index is 1.90. The maximum atomic E-state index is 13.4. The lowest BCUT2D eigenvalue weighted by Gasteiger charge is -2.30. The van der Waals surface area contributed by atoms with Crippen molar-refractivity contribution >= 4 is 17.5 Å². The first kappa shape index (κ1) is 15.3. The van der Waals surface area contributed by atoms with Crippen molar-refractivity contribution in [1.29, 1.82) is 0 Å². The lowest BCUT2D eigenvalue weighted by molar-refractivity contribution is -0.122. The van der Waals surface area contributed by atoms with Crippen LogP contribution in [0.4, 0.5) is 4.39 Å². The molecule has 1 aliphatic carbocycles. The molecule has 110 valence electrons. The second kappa shape index (κ2) is 6.55. The lowest BCUT2D eigenvalue weighted by atomic mass is 9.85. The minimum Gasteiger partial charge on any atom is -0.369 e. The van der Waals surface area contributed by atoms with Gasteiger partial charge in [0.15, 0.2) is 0 Å². The van der Waals surface area contributed by atoms with Crippen molar-refractivity contribution in [3.8, 4) is 0 Å². The van der Waals surface area contributed by atoms with Crippen molar-refractivity contribution in [3.05, 3.63) is 34.6 Å². The number of carbonyl (C=O) groups excluding carboxylic acids is 1. The molecule has 1 aromatic rings. The summed E-state index contributed by atoms with van der Waals surface area (Å²) in [7, 11) is 0. The van der Waals surface area contributed by atoms with Crippen LogP contribution in [-0.2, 0) is 4.79 Å². The summed E-state index contributed by atoms with van der Waals surface area (Å²) in [6.45, 7) is 2.00. The molecule has 1 fully saturated rings. The summed E-state index contributed by atoms with van der Waals surface area (Å²) in [5.74, 6) is -0.581. The molecule has 0 spiro atoms. The first-order chi connectivity index (χ1) is 9.47. The molecule has 0 aromatic heterocycles. The van der Waals surface area contributed by atoms with E-state index >= 15 is 0 Å². The van der Waals surface area contributed by atoms with Gasteiger partial charge < -0.3 is 11.1 Å². The average molecular weight is 299 g/mol. The Morgan fingerprint density at radius 1 is 1.40 bits per heavy atom. The molecule has 1 amide bonds. The molecule has 0 heterocycles. The molecule has 1 saturated carbocycles. The molecule has 1 aromatic carbocycles. The number of primary amides is 1. The Labute approximate surface area is 123 Å². The third-order valence-electron chi connectivity index (χ3n) is 4.06. The van der Waals surface area contributed by atoms with Gasteiger partial charge in [0.05, 0.1) is 5.02 Å². The Bertz CT molecular complexity index is 487. The van der Waals surface area contributed by atoms with Gasteiger partial charge in [-0.3, -0.25) is 4.79 Å². The number of carbonyl (C=O) groups is 1. The molecular formula is C15H20ClFN2O. The van der Waals surface area contributed by atoms with Gasteiger partial charge in [-0.05, 0) is 50.3 Å². The van der Waals surface area contributed by atoms with Gasteiger partial charge in [0.1, 0.15) is 5.82 Å². The fourth-order valence-electron chi connectivity index (χ4n) is 2.78. The summed E-state index contributed by atoms with van der Waals surface area (Å²) in [6, 6.07) is 5.28. The van der Waals surface area contributed by atoms with Gasteiger partial charge in [-0.15, -0.1) is 0 Å². The summed E-state index contributed by atoms with van der Waals surface area (Å²) < 4.78 is 13.4. The first-order valence-corrected chi connectivity index (χ1v) is 7.35. The van der Waals surface area contributed by atoms with Gasteiger partial charge in [-0.2, -0.15) is 0 Å². The molecule has 0 aliphatic heterocycles. The minimum atomic E-state index is -0.393. The highest BCUT2D eigenvalue weighted by Crippen LogP contribution is 2.26. The van der Waals surface area contributed by atoms with Crippen molar-refractivity contribution in [3.63, 3.8) is 0 Å². The largest absolute Gasteiger partial charge is 0.369 e. The predicted molar refractivity (Wildman–Crippen MR) is 77.9 cm³/mol. The van der Waals surface area contributed by atoms with Crippen LogP contribution < -0.4 is 11.1 Å². The zero-order chi connectivity index (χ0) is 14.7. The standard InChI is InChI=1S/C15H20ClFN2O/c1-9(11-4-7-13(16)14(17)8-11)19-12-5-2-10(3-6-12)15(18)20/h4,7-10,12,19H,2-3,5-6H2,1H3,(H2,18,20). The molecule has 3 nitrogen and oxygen atoms in total. The van der Waals surface area contributed by atoms with Gasteiger partial charge >= 0.3 is 0 Å². The van der Waals surface area contributed by atoms with Crippen molar-refractivity contribution in [2.75, 3.05) is 0 Å². The highest BCUT2D eigenvalue weighted by atomic mass is 35.5. The number of halogens is 2. The normalized spacial score (nSPS) is 24.4. The zero-order valence-corrected chi connectivity index (χ0v) is 12.3. The van der Waals surface area contributed by atoms with Gasteiger partial charge in [0, 0.05) is 18.0 Å². The first-order valence-electron chi connectivity index (χ1n) is 6.97. The van der Waals surface area contributed by atoms with Crippen LogP contribution in [-0.4, -0.2) is 11.9 Å². The van der Waals surface area contributed by atoms with Gasteiger partial charge in [-0.1, -0.05) is 17.7 Å². The minimum absolute atomic E-state index is 0.0105. The summed E-state index contributed by atoms with van der Waals surface area (Å²) in [6.07, 6.45) is 3.51. The number of rotatable bonds is 4. The Kier molecular flexibility index (Phi) is 5.00. The number of nitrogens with one attached hydrogen (secondary N) is 1. The highest BCUT2D eigenvalue weighted by molar-refractivity contribution is 6.30. The lowest BCUT2D eigenvalue weighted by Crippen LogP contribution is -2.37. The molecule has 5 heteroatoms. The van der Waals surface area contributed by atoms with Crippen LogP contribution in [0.15, 0.2) is 18.2 Å². The molecule has 0 radical (unpaired) electrons. The second-order valence-electron chi connectivity index (χ2n) is 5.51. The summed E-state index contributed by atoms with van der Waals surface area (Å²) in [5.41, 5.74) is 6.20. The van der Waals surface area contributed by atoms with E-state index in [0.29, 0.717) is 6.04 Å². The van der Waals surface area contributed by atoms with E-state index < -0.39 is 5.82 Å². The summed E-state index contributed by atoms with van der Waals surface area (Å²) in [4.78, 5) is 11.1. The predicted octanol–water partition coefficient (Wildman–Crippen LogP) is 3.17. The van der Waals surface area contributed by atoms with Crippen molar-refractivity contribution < 1.29 is 9.18 Å². The van der Waals surface area contributed by atoms with Crippen LogP contribution >= 0.6 is 11.6 Å². The van der Waals surface area contributed by atoms with Crippen molar-refractivity contribution in [1.82, 2.24) is 5.32 Å². The smallest absolute Gasteiger partial charge is 0.220 e. The Hall–Kier alpha value is -1.13. The van der Waals surface area contributed by atoms with E-state index in [1.54, 1.807) is 6.07 Å². The van der Waals surface area contributed by atoms with E-state index in [1.165, 1.54) is 6.07 Å². The molecule has 1 atom stereocenters. The molecule has 3 N–H and O–H groups in total. The third kappa shape index (κ3) is 3.70. The summed E-state index contributed by atoms with van der Waals surface area (Å²) in [5, 5.41) is 3.62. The number of hydrogen-bond donors (Lipinski definition) is 2. The third-order valence-corrected chi connectivity index (χ3v) is 4.37. The maximum absolute atomic E-state index is 13.4. The van der Waals surface area contributed by atoms with Crippen LogP contribution in [0.1, 0.15) is 44.2 Å². The Morgan fingerprint density at radius 2 is 2.05 bits per heavy atom. The molecule has 1 unspecified atom stereocenters. The van der Waals surface area contributed by atoms with Crippen molar-refractivity contribution in [2.45, 2.75) is 44.7 Å². The number of nitrogens with two attached hydrogens (primary N) is 1. The number of benzene rings is 1. The van der Waals surface area contributed by atoms with Crippen LogP contribution in [0.25, 0.3) is 0 Å². The van der Waals surface area contributed by atoms with Crippen molar-refractivity contribution in [2.24, 2.45) is 11.7 Å². The highest BCUT2D eigenvalue weighted by Gasteiger charge is 2.25. The van der Waals surface area contributed by atoms with Gasteiger partial charge in [0.25, 0.3) is 0 Å². The maximum Gasteiger partial charge on any atom is 0.220 e. The number of hydrogen-bond acceptors (Lipinski definition) is 2.